The number of fused-ring (bicyclic) bond motifs is 4. The zero-order chi connectivity index (χ0) is 34.4. The van der Waals surface area contributed by atoms with Gasteiger partial charge in [0.05, 0.1) is 0 Å². The van der Waals surface area contributed by atoms with Gasteiger partial charge >= 0.3 is 82.0 Å². The summed E-state index contributed by atoms with van der Waals surface area (Å²) in [7, 11) is 0. The Hall–Kier alpha value is -3.14. The van der Waals surface area contributed by atoms with Crippen LogP contribution < -0.4 is 0 Å². The fourth-order valence-electron chi connectivity index (χ4n) is 4.24. The van der Waals surface area contributed by atoms with E-state index in [0.717, 1.165) is 0 Å². The van der Waals surface area contributed by atoms with E-state index in [1.54, 1.807) is 6.51 Å². The van der Waals surface area contributed by atoms with Gasteiger partial charge in [0, 0.05) is 0 Å². The van der Waals surface area contributed by atoms with Crippen LogP contribution in [0.3, 0.4) is 0 Å². The molecule has 0 saturated heterocycles. The van der Waals surface area contributed by atoms with Gasteiger partial charge in [-0.05, 0) is 0 Å². The number of halogens is 2. The van der Waals surface area contributed by atoms with Gasteiger partial charge < -0.3 is 0 Å². The fourth-order valence-corrected chi connectivity index (χ4v) is 4.24. The summed E-state index contributed by atoms with van der Waals surface area (Å²) in [5.74, 6) is 0. The van der Waals surface area contributed by atoms with E-state index in [-0.39, 0.29) is 24.8 Å². The van der Waals surface area contributed by atoms with E-state index in [2.05, 4.69) is 125 Å². The molecule has 0 saturated carbocycles. The van der Waals surface area contributed by atoms with Crippen LogP contribution in [0.25, 0.3) is 44.5 Å². The van der Waals surface area contributed by atoms with Crippen LogP contribution in [0.15, 0.2) is 170 Å². The van der Waals surface area contributed by atoms with Crippen LogP contribution >= 0.6 is 24.8 Å². The molecule has 8 aliphatic carbocycles. The van der Waals surface area contributed by atoms with Crippen molar-refractivity contribution in [3.05, 3.63) is 194 Å². The van der Waals surface area contributed by atoms with Crippen LogP contribution in [0, 0.1) is 24.3 Å². The van der Waals surface area contributed by atoms with Crippen LogP contribution in [0.2, 0.25) is 0 Å². The summed E-state index contributed by atoms with van der Waals surface area (Å²) in [6.07, 6.45) is 0. The van der Waals surface area contributed by atoms with Gasteiger partial charge in [-0.2, -0.15) is 70.8 Å². The van der Waals surface area contributed by atoms with Crippen molar-refractivity contribution in [2.75, 3.05) is 0 Å². The van der Waals surface area contributed by atoms with E-state index in [1.807, 2.05) is 97.1 Å². The molecule has 0 heterocycles. The maximum Gasteiger partial charge on any atom is -0.0723 e. The Labute approximate surface area is 342 Å². The minimum Gasteiger partial charge on any atom is -0.168 e. The summed E-state index contributed by atoms with van der Waals surface area (Å²) < 4.78 is 3.11. The largest absolute Gasteiger partial charge is 0.168 e. The van der Waals surface area contributed by atoms with Crippen LogP contribution in [0.5, 0.6) is 0 Å². The Morgan fingerprint density at radius 1 is 0.320 bits per heavy atom. The third-order valence-electron chi connectivity index (χ3n) is 6.29. The van der Waals surface area contributed by atoms with Crippen molar-refractivity contribution < 1.29 is 47.8 Å². The van der Waals surface area contributed by atoms with Gasteiger partial charge in [0.1, 0.15) is 0 Å². The molecule has 0 amide bonds. The number of hydrogen-bond donors (Lipinski definition) is 0. The summed E-state index contributed by atoms with van der Waals surface area (Å²) in [4.78, 5) is 0. The zero-order valence-electron chi connectivity index (χ0n) is 29.0. The first-order valence-electron chi connectivity index (χ1n) is 15.8. The molecule has 0 aliphatic heterocycles. The molecule has 0 aromatic rings. The maximum absolute atomic E-state index is 3.14. The van der Waals surface area contributed by atoms with Gasteiger partial charge in [0.15, 0.2) is 0 Å². The van der Waals surface area contributed by atoms with Gasteiger partial charge in [-0.25, -0.2) is 0 Å². The van der Waals surface area contributed by atoms with Crippen LogP contribution in [-0.4, -0.2) is 6.51 Å². The molecule has 0 aromatic heterocycles. The van der Waals surface area contributed by atoms with Crippen molar-refractivity contribution in [3.8, 4) is 44.5 Å². The van der Waals surface area contributed by atoms with E-state index >= 15 is 0 Å². The molecule has 0 aromatic carbocycles. The molecule has 248 valence electrons. The third-order valence-corrected chi connectivity index (χ3v) is 6.29. The minimum absolute atomic E-state index is 0. The van der Waals surface area contributed by atoms with Gasteiger partial charge in [-0.1, -0.05) is 48.5 Å². The average Bonchev–Trinajstić information content (AvgIpc) is 3.78. The second-order valence-electron chi connectivity index (χ2n) is 11.0. The molecule has 0 atom stereocenters. The molecular weight excluding hydrogens is 980 g/mol. The molecule has 8 aliphatic rings. The molecule has 0 radical (unpaired) electrons. The van der Waals surface area contributed by atoms with E-state index in [4.69, 9.17) is 0 Å². The maximum atomic E-state index is 3.14. The Morgan fingerprint density at radius 3 is 0.700 bits per heavy atom. The predicted octanol–water partition coefficient (Wildman–Crippen LogP) is 12.7. The average molecular weight is 1020 g/mol. The van der Waals surface area contributed by atoms with Crippen molar-refractivity contribution in [1.82, 2.24) is 0 Å². The molecule has 0 spiro atoms. The van der Waals surface area contributed by atoms with Crippen molar-refractivity contribution >= 4 is 31.3 Å². The quantitative estimate of drug-likeness (QED) is 0.105. The van der Waals surface area contributed by atoms with E-state index in [1.165, 1.54) is 92.3 Å². The van der Waals surface area contributed by atoms with Gasteiger partial charge in [-0.15, -0.1) is 144 Å². The minimum atomic E-state index is 0. The first-order chi connectivity index (χ1) is 23.3. The second-order valence-corrected chi connectivity index (χ2v) is 18.2. The molecule has 8 rings (SSSR count). The van der Waals surface area contributed by atoms with Crippen LogP contribution in [0.4, 0.5) is 0 Å². The van der Waals surface area contributed by atoms with Crippen LogP contribution in [0.1, 0.15) is 27.7 Å². The second kappa shape index (κ2) is 26.6. The van der Waals surface area contributed by atoms with E-state index in [9.17, 15) is 0 Å². The third kappa shape index (κ3) is 18.2. The van der Waals surface area contributed by atoms with Crippen molar-refractivity contribution in [1.29, 1.82) is 0 Å². The van der Waals surface area contributed by atoms with Crippen molar-refractivity contribution in [2.45, 2.75) is 27.7 Å². The number of hydrogen-bond acceptors (Lipinski definition) is 0. The molecule has 0 bridgehead atoms. The summed E-state index contributed by atoms with van der Waals surface area (Å²) in [6, 6.07) is 69.6. The molecule has 0 unspecified atom stereocenters. The SMILES string of the molecule is C[C](C)=[Hf+2].C[C](C)=[Hf+2].Cl.Cl.[c-]1ccc2cccccc1-2.[c-]1ccc2cccccc1-2.[c-]1ccc2cccccc1-2.[c-]1ccc2cccccc1-2. The summed E-state index contributed by atoms with van der Waals surface area (Å²) >= 11 is 2.53. The smallest absolute Gasteiger partial charge is 0.0723 e. The van der Waals surface area contributed by atoms with E-state index in [0.29, 0.717) is 0 Å². The van der Waals surface area contributed by atoms with Gasteiger partial charge in [0.25, 0.3) is 0 Å². The van der Waals surface area contributed by atoms with Gasteiger partial charge in [0.2, 0.25) is 0 Å². The Morgan fingerprint density at radius 2 is 0.500 bits per heavy atom. The molecule has 4 heteroatoms. The molecule has 0 nitrogen and oxygen atoms in total. The first-order valence-corrected chi connectivity index (χ1v) is 19.4. The molecule has 50 heavy (non-hydrogen) atoms. The normalized spacial score (nSPS) is 9.12. The topological polar surface area (TPSA) is 0 Å². The Bertz CT molecular complexity index is 1540. The monoisotopic (exact) mass is 1020 g/mol. The van der Waals surface area contributed by atoms with E-state index < -0.39 is 0 Å². The summed E-state index contributed by atoms with van der Waals surface area (Å²) in [5.41, 5.74) is 9.76. The molecular formula is C46H42Cl2Hf2. The predicted molar refractivity (Wildman–Crippen MR) is 215 cm³/mol. The van der Waals surface area contributed by atoms with Gasteiger partial charge in [-0.3, -0.25) is 0 Å². The summed E-state index contributed by atoms with van der Waals surface area (Å²) in [6.45, 7) is 8.58. The Balaban J connectivity index is 0.000000308. The fraction of sp³-hybridized carbons (Fsp3) is 0.0870. The summed E-state index contributed by atoms with van der Waals surface area (Å²) in [5, 5.41) is 0. The Kier molecular flexibility index (Phi) is 23.9. The molecule has 0 N–H and O–H groups in total. The van der Waals surface area contributed by atoms with Crippen molar-refractivity contribution in [2.24, 2.45) is 0 Å². The van der Waals surface area contributed by atoms with Crippen molar-refractivity contribution in [3.63, 3.8) is 0 Å². The van der Waals surface area contributed by atoms with Crippen LogP contribution in [-0.2, 0) is 47.8 Å². The first kappa shape index (κ1) is 44.9. The molecule has 0 fully saturated rings. The zero-order valence-corrected chi connectivity index (χ0v) is 37.8. The number of rotatable bonds is 0. The standard InChI is InChI=1S/4C10H7.2C3H6.2ClH.2Hf/c4*1-2-5-9-7-4-8-10(9)6-3-1;2*1-3-2;;;;/h4*1-7H;2*1-2H3;2*1H;;/q4*-1;;;;;2*+2.